The Labute approximate surface area is 221 Å². The highest BCUT2D eigenvalue weighted by Crippen LogP contribution is 2.35. The molecule has 3 amide bonds. The van der Waals surface area contributed by atoms with Gasteiger partial charge in [0.1, 0.15) is 0 Å². The Morgan fingerprint density at radius 3 is 2.44 bits per heavy atom. The van der Waals surface area contributed by atoms with Crippen LogP contribution in [0, 0.1) is 6.92 Å². The molecule has 9 heteroatoms. The minimum atomic E-state index is -0.347. The molecule has 0 saturated carbocycles. The number of carbonyl (C=O) groups excluding carboxylic acids is 3. The van der Waals surface area contributed by atoms with Crippen molar-refractivity contribution < 1.29 is 23.9 Å². The Balaban J connectivity index is 1.41. The highest BCUT2D eigenvalue weighted by Gasteiger charge is 2.35. The summed E-state index contributed by atoms with van der Waals surface area (Å²) in [6.45, 7) is 1.98. The standard InChI is InChI=1S/C27H23BrN2O5S/c1-17-3-10-21(11-4-17)29-25(31)16-35-22-12-7-19(13-23(22)34-2)14-24-26(32)30(27(33)36-24)15-18-5-8-20(28)9-6-18/h3-14H,15-16H2,1-2H3,(H,29,31)/b24-14+. The normalized spacial score (nSPS) is 14.3. The van der Waals surface area contributed by atoms with Crippen LogP contribution in [-0.4, -0.2) is 35.7 Å². The summed E-state index contributed by atoms with van der Waals surface area (Å²) in [4.78, 5) is 39.1. The maximum atomic E-state index is 12.9. The van der Waals surface area contributed by atoms with E-state index in [-0.39, 0.29) is 30.2 Å². The summed E-state index contributed by atoms with van der Waals surface area (Å²) in [6, 6.07) is 20.0. The SMILES string of the molecule is COc1cc(/C=C2/SC(=O)N(Cc3ccc(Br)cc3)C2=O)ccc1OCC(=O)Nc1ccc(C)cc1. The topological polar surface area (TPSA) is 84.9 Å². The number of anilines is 1. The molecule has 1 heterocycles. The minimum absolute atomic E-state index is 0.196. The van der Waals surface area contributed by atoms with Crippen molar-refractivity contribution in [2.75, 3.05) is 19.0 Å². The highest BCUT2D eigenvalue weighted by molar-refractivity contribution is 9.10. The van der Waals surface area contributed by atoms with Crippen LogP contribution < -0.4 is 14.8 Å². The average Bonchev–Trinajstić information content (AvgIpc) is 3.13. The third-order valence-corrected chi connectivity index (χ3v) is 6.74. The highest BCUT2D eigenvalue weighted by atomic mass is 79.9. The van der Waals surface area contributed by atoms with Gasteiger partial charge in [0.15, 0.2) is 18.1 Å². The van der Waals surface area contributed by atoms with Crippen LogP contribution in [0.5, 0.6) is 11.5 Å². The summed E-state index contributed by atoms with van der Waals surface area (Å²) in [5.41, 5.74) is 3.31. The lowest BCUT2D eigenvalue weighted by Crippen LogP contribution is -2.27. The lowest BCUT2D eigenvalue weighted by molar-refractivity contribution is -0.123. The van der Waals surface area contributed by atoms with Crippen LogP contribution in [0.3, 0.4) is 0 Å². The molecule has 0 radical (unpaired) electrons. The first kappa shape index (κ1) is 25.5. The van der Waals surface area contributed by atoms with Crippen LogP contribution in [0.15, 0.2) is 76.1 Å². The molecule has 0 atom stereocenters. The molecule has 4 rings (SSSR count). The van der Waals surface area contributed by atoms with Gasteiger partial charge in [-0.05, 0) is 72.3 Å². The summed E-state index contributed by atoms with van der Waals surface area (Å²) in [7, 11) is 1.49. The summed E-state index contributed by atoms with van der Waals surface area (Å²) in [5, 5.41) is 2.46. The van der Waals surface area contributed by atoms with E-state index < -0.39 is 0 Å². The van der Waals surface area contributed by atoms with E-state index in [1.807, 2.05) is 55.5 Å². The number of halogens is 1. The molecule has 0 aromatic heterocycles. The third-order valence-electron chi connectivity index (χ3n) is 5.31. The van der Waals surface area contributed by atoms with Crippen molar-refractivity contribution in [3.8, 4) is 11.5 Å². The number of ether oxygens (including phenoxy) is 2. The summed E-state index contributed by atoms with van der Waals surface area (Å²) >= 11 is 4.27. The number of rotatable bonds is 8. The molecular weight excluding hydrogens is 544 g/mol. The lowest BCUT2D eigenvalue weighted by Gasteiger charge is -2.12. The van der Waals surface area contributed by atoms with Crippen LogP contribution in [0.1, 0.15) is 16.7 Å². The van der Waals surface area contributed by atoms with Crippen molar-refractivity contribution in [3.63, 3.8) is 0 Å². The van der Waals surface area contributed by atoms with Gasteiger partial charge in [-0.15, -0.1) is 0 Å². The Morgan fingerprint density at radius 2 is 1.75 bits per heavy atom. The Morgan fingerprint density at radius 1 is 1.03 bits per heavy atom. The number of benzene rings is 3. The molecule has 0 spiro atoms. The number of nitrogens with one attached hydrogen (secondary N) is 1. The van der Waals surface area contributed by atoms with E-state index in [1.165, 1.54) is 12.0 Å². The first-order valence-corrected chi connectivity index (χ1v) is 12.6. The number of aryl methyl sites for hydroxylation is 1. The van der Waals surface area contributed by atoms with Crippen LogP contribution >= 0.6 is 27.7 Å². The molecule has 3 aromatic rings. The van der Waals surface area contributed by atoms with Gasteiger partial charge in [-0.1, -0.05) is 51.8 Å². The average molecular weight is 567 g/mol. The van der Waals surface area contributed by atoms with Gasteiger partial charge in [0.2, 0.25) is 0 Å². The molecule has 1 saturated heterocycles. The van der Waals surface area contributed by atoms with E-state index in [0.717, 1.165) is 27.4 Å². The second-order valence-electron chi connectivity index (χ2n) is 8.01. The maximum Gasteiger partial charge on any atom is 0.293 e. The van der Waals surface area contributed by atoms with Crippen molar-refractivity contribution in [3.05, 3.63) is 92.8 Å². The predicted octanol–water partition coefficient (Wildman–Crippen LogP) is 6.02. The second-order valence-corrected chi connectivity index (χ2v) is 9.92. The monoisotopic (exact) mass is 566 g/mol. The summed E-state index contributed by atoms with van der Waals surface area (Å²) < 4.78 is 12.0. The fourth-order valence-electron chi connectivity index (χ4n) is 3.43. The zero-order valence-electron chi connectivity index (χ0n) is 19.6. The molecule has 0 aliphatic carbocycles. The van der Waals surface area contributed by atoms with Gasteiger partial charge < -0.3 is 14.8 Å². The molecule has 1 aliphatic heterocycles. The molecule has 1 fully saturated rings. The van der Waals surface area contributed by atoms with Crippen molar-refractivity contribution in [1.82, 2.24) is 4.90 Å². The number of nitrogens with zero attached hydrogens (tertiary/aromatic N) is 1. The van der Waals surface area contributed by atoms with Gasteiger partial charge >= 0.3 is 0 Å². The maximum absolute atomic E-state index is 12.9. The molecule has 36 heavy (non-hydrogen) atoms. The van der Waals surface area contributed by atoms with E-state index in [0.29, 0.717) is 27.7 Å². The molecule has 0 bridgehead atoms. The van der Waals surface area contributed by atoms with E-state index in [1.54, 1.807) is 24.3 Å². The largest absolute Gasteiger partial charge is 0.493 e. The number of carbonyl (C=O) groups is 3. The van der Waals surface area contributed by atoms with Crippen LogP contribution in [0.2, 0.25) is 0 Å². The summed E-state index contributed by atoms with van der Waals surface area (Å²) in [6.07, 6.45) is 1.64. The first-order valence-electron chi connectivity index (χ1n) is 11.0. The van der Waals surface area contributed by atoms with Crippen molar-refractivity contribution in [1.29, 1.82) is 0 Å². The van der Waals surface area contributed by atoms with Crippen molar-refractivity contribution in [2.45, 2.75) is 13.5 Å². The fraction of sp³-hybridized carbons (Fsp3) is 0.148. The zero-order chi connectivity index (χ0) is 25.7. The van der Waals surface area contributed by atoms with Crippen LogP contribution in [0.4, 0.5) is 10.5 Å². The van der Waals surface area contributed by atoms with Crippen molar-refractivity contribution in [2.24, 2.45) is 0 Å². The van der Waals surface area contributed by atoms with E-state index in [9.17, 15) is 14.4 Å². The number of amides is 3. The Hall–Kier alpha value is -3.56. The second kappa shape index (κ2) is 11.5. The van der Waals surface area contributed by atoms with E-state index >= 15 is 0 Å². The third kappa shape index (κ3) is 6.35. The summed E-state index contributed by atoms with van der Waals surface area (Å²) in [5.74, 6) is 0.141. The van der Waals surface area contributed by atoms with Crippen LogP contribution in [-0.2, 0) is 16.1 Å². The molecule has 3 aromatic carbocycles. The molecule has 184 valence electrons. The number of imide groups is 1. The van der Waals surface area contributed by atoms with E-state index in [4.69, 9.17) is 9.47 Å². The molecule has 7 nitrogen and oxygen atoms in total. The van der Waals surface area contributed by atoms with E-state index in [2.05, 4.69) is 21.2 Å². The number of hydrogen-bond donors (Lipinski definition) is 1. The lowest BCUT2D eigenvalue weighted by atomic mass is 10.1. The van der Waals surface area contributed by atoms with Gasteiger partial charge in [0, 0.05) is 10.2 Å². The predicted molar refractivity (Wildman–Crippen MR) is 144 cm³/mol. The zero-order valence-corrected chi connectivity index (χ0v) is 22.0. The smallest absolute Gasteiger partial charge is 0.293 e. The molecule has 1 aliphatic rings. The Bertz CT molecular complexity index is 1320. The van der Waals surface area contributed by atoms with Gasteiger partial charge in [-0.25, -0.2) is 0 Å². The van der Waals surface area contributed by atoms with Crippen molar-refractivity contribution >= 4 is 56.5 Å². The Kier molecular flexibility index (Phi) is 8.12. The van der Waals surface area contributed by atoms with Gasteiger partial charge in [-0.2, -0.15) is 0 Å². The van der Waals surface area contributed by atoms with Gasteiger partial charge in [0.25, 0.3) is 17.1 Å². The first-order chi connectivity index (χ1) is 17.3. The van der Waals surface area contributed by atoms with Crippen LogP contribution in [0.25, 0.3) is 6.08 Å². The number of hydrogen-bond acceptors (Lipinski definition) is 6. The quantitative estimate of drug-likeness (QED) is 0.335. The minimum Gasteiger partial charge on any atom is -0.493 e. The fourth-order valence-corrected chi connectivity index (χ4v) is 4.53. The number of methoxy groups -OCH3 is 1. The van der Waals surface area contributed by atoms with Gasteiger partial charge in [0.05, 0.1) is 18.6 Å². The van der Waals surface area contributed by atoms with Gasteiger partial charge in [-0.3, -0.25) is 19.3 Å². The molecular formula is C27H23BrN2O5S. The number of thioether (sulfide) groups is 1. The molecule has 0 unspecified atom stereocenters. The molecule has 1 N–H and O–H groups in total.